The lowest BCUT2D eigenvalue weighted by Crippen LogP contribution is -2.18. The number of hydrogen-bond donors (Lipinski definition) is 1. The predicted octanol–water partition coefficient (Wildman–Crippen LogP) is 3.93. The zero-order valence-electron chi connectivity index (χ0n) is 18.4. The van der Waals surface area contributed by atoms with E-state index < -0.39 is 16.0 Å². The molecular formula is C24H24N2O6S. The molecule has 0 radical (unpaired) electrons. The van der Waals surface area contributed by atoms with E-state index in [1.165, 1.54) is 25.5 Å². The Labute approximate surface area is 192 Å². The Morgan fingerprint density at radius 1 is 1.00 bits per heavy atom. The van der Waals surface area contributed by atoms with Crippen molar-refractivity contribution in [3.05, 3.63) is 83.4 Å². The van der Waals surface area contributed by atoms with E-state index in [0.29, 0.717) is 29.2 Å². The van der Waals surface area contributed by atoms with Gasteiger partial charge in [0.05, 0.1) is 30.4 Å². The number of nitrogens with zero attached hydrogens (tertiary/aromatic N) is 1. The summed E-state index contributed by atoms with van der Waals surface area (Å²) >= 11 is 0. The highest BCUT2D eigenvalue weighted by atomic mass is 32.2. The molecule has 9 heteroatoms. The minimum atomic E-state index is -3.78. The number of esters is 1. The number of sulfonamides is 1. The van der Waals surface area contributed by atoms with Crippen LogP contribution in [0.2, 0.25) is 0 Å². The number of carbonyl (C=O) groups excluding carboxylic acids is 1. The van der Waals surface area contributed by atoms with Crippen molar-refractivity contribution >= 4 is 22.2 Å². The highest BCUT2D eigenvalue weighted by Gasteiger charge is 2.14. The van der Waals surface area contributed by atoms with Crippen LogP contribution in [0.25, 0.3) is 0 Å². The van der Waals surface area contributed by atoms with Crippen molar-refractivity contribution < 1.29 is 27.4 Å². The third kappa shape index (κ3) is 6.33. The van der Waals surface area contributed by atoms with Gasteiger partial charge >= 0.3 is 5.97 Å². The minimum absolute atomic E-state index is 0.111. The van der Waals surface area contributed by atoms with Gasteiger partial charge in [-0.25, -0.2) is 9.63 Å². The summed E-state index contributed by atoms with van der Waals surface area (Å²) < 4.78 is 40.7. The van der Waals surface area contributed by atoms with Crippen LogP contribution in [0, 0.1) is 6.92 Å². The quantitative estimate of drug-likeness (QED) is 0.221. The fourth-order valence-corrected chi connectivity index (χ4v) is 3.59. The molecule has 8 nitrogen and oxygen atoms in total. The predicted molar refractivity (Wildman–Crippen MR) is 125 cm³/mol. The molecule has 0 aromatic heterocycles. The molecule has 3 rings (SSSR count). The number of benzene rings is 3. The number of nitrogens with one attached hydrogen (secondary N) is 1. The largest absolute Gasteiger partial charge is 0.494 e. The monoisotopic (exact) mass is 468 g/mol. The summed E-state index contributed by atoms with van der Waals surface area (Å²) in [5.41, 5.74) is 1.85. The second-order valence-corrected chi connectivity index (χ2v) is 8.58. The first-order chi connectivity index (χ1) is 15.8. The molecule has 0 unspecified atom stereocenters. The highest BCUT2D eigenvalue weighted by molar-refractivity contribution is 7.89. The fourth-order valence-electron chi connectivity index (χ4n) is 2.80. The molecule has 0 aliphatic carbocycles. The topological polar surface area (TPSA) is 103 Å². The van der Waals surface area contributed by atoms with E-state index >= 15 is 0 Å². The van der Waals surface area contributed by atoms with Crippen LogP contribution in [0.5, 0.6) is 17.2 Å². The molecule has 0 spiro atoms. The Hall–Kier alpha value is -3.85. The molecule has 0 aliphatic heterocycles. The summed E-state index contributed by atoms with van der Waals surface area (Å²) in [5, 5.41) is 3.81. The summed E-state index contributed by atoms with van der Waals surface area (Å²) in [4.78, 5) is 14.7. The number of aryl methyl sites for hydroxylation is 1. The summed E-state index contributed by atoms with van der Waals surface area (Å²) in [6.45, 7) is 4.28. The van der Waals surface area contributed by atoms with E-state index in [1.54, 1.807) is 54.6 Å². The van der Waals surface area contributed by atoms with E-state index in [1.807, 2.05) is 13.8 Å². The maximum atomic E-state index is 12.5. The van der Waals surface area contributed by atoms with Crippen molar-refractivity contribution in [2.75, 3.05) is 13.7 Å². The summed E-state index contributed by atoms with van der Waals surface area (Å²) in [7, 11) is -2.35. The van der Waals surface area contributed by atoms with E-state index in [9.17, 15) is 13.2 Å². The van der Waals surface area contributed by atoms with E-state index in [4.69, 9.17) is 14.2 Å². The van der Waals surface area contributed by atoms with Crippen LogP contribution < -0.4 is 19.0 Å². The maximum Gasteiger partial charge on any atom is 0.343 e. The SMILES string of the molecule is CCOc1ccc(C(=O)Oc2ccc(/C=N/NS(=O)(=O)c3ccc(C)cc3)cc2OC)cc1. The van der Waals surface area contributed by atoms with Crippen LogP contribution in [0.4, 0.5) is 0 Å². The van der Waals surface area contributed by atoms with Crippen molar-refractivity contribution in [1.29, 1.82) is 0 Å². The van der Waals surface area contributed by atoms with E-state index in [2.05, 4.69) is 9.93 Å². The van der Waals surface area contributed by atoms with Gasteiger partial charge in [-0.05, 0) is 74.0 Å². The lowest BCUT2D eigenvalue weighted by atomic mass is 10.2. The van der Waals surface area contributed by atoms with Crippen LogP contribution in [-0.2, 0) is 10.0 Å². The second kappa shape index (κ2) is 10.6. The lowest BCUT2D eigenvalue weighted by Gasteiger charge is -2.10. The average Bonchev–Trinajstić information content (AvgIpc) is 2.80. The molecule has 0 aliphatic rings. The highest BCUT2D eigenvalue weighted by Crippen LogP contribution is 2.28. The van der Waals surface area contributed by atoms with Crippen LogP contribution in [-0.4, -0.2) is 34.3 Å². The summed E-state index contributed by atoms with van der Waals surface area (Å²) in [6, 6.07) is 17.8. The molecule has 0 fully saturated rings. The number of carbonyl (C=O) groups is 1. The van der Waals surface area contributed by atoms with Gasteiger partial charge in [-0.15, -0.1) is 0 Å². The number of ether oxygens (including phenoxy) is 3. The van der Waals surface area contributed by atoms with Gasteiger partial charge < -0.3 is 14.2 Å². The van der Waals surface area contributed by atoms with Gasteiger partial charge in [0.1, 0.15) is 5.75 Å². The Bertz CT molecular complexity index is 1240. The Balaban J connectivity index is 1.68. The molecule has 3 aromatic carbocycles. The fraction of sp³-hybridized carbons (Fsp3) is 0.167. The summed E-state index contributed by atoms with van der Waals surface area (Å²) in [5.74, 6) is 0.616. The molecule has 0 atom stereocenters. The van der Waals surface area contributed by atoms with Gasteiger partial charge in [0.15, 0.2) is 11.5 Å². The molecule has 0 saturated carbocycles. The second-order valence-electron chi connectivity index (χ2n) is 6.92. The van der Waals surface area contributed by atoms with Crippen molar-refractivity contribution in [3.63, 3.8) is 0 Å². The van der Waals surface area contributed by atoms with Gasteiger partial charge in [0, 0.05) is 0 Å². The van der Waals surface area contributed by atoms with Crippen molar-refractivity contribution in [1.82, 2.24) is 4.83 Å². The minimum Gasteiger partial charge on any atom is -0.494 e. The van der Waals surface area contributed by atoms with Crippen molar-refractivity contribution in [2.45, 2.75) is 18.7 Å². The third-order valence-electron chi connectivity index (χ3n) is 4.51. The number of hydrogen-bond acceptors (Lipinski definition) is 7. The smallest absolute Gasteiger partial charge is 0.343 e. The molecule has 0 bridgehead atoms. The Kier molecular flexibility index (Phi) is 7.68. The third-order valence-corrected chi connectivity index (χ3v) is 5.75. The van der Waals surface area contributed by atoms with Gasteiger partial charge in [0.25, 0.3) is 10.0 Å². The first kappa shape index (κ1) is 23.8. The Morgan fingerprint density at radius 2 is 1.70 bits per heavy atom. The maximum absolute atomic E-state index is 12.5. The van der Waals surface area contributed by atoms with Gasteiger partial charge in [0.2, 0.25) is 0 Å². The van der Waals surface area contributed by atoms with E-state index in [-0.39, 0.29) is 10.6 Å². The van der Waals surface area contributed by atoms with Gasteiger partial charge in [-0.1, -0.05) is 17.7 Å². The molecule has 0 amide bonds. The first-order valence-electron chi connectivity index (χ1n) is 10.1. The molecule has 3 aromatic rings. The Morgan fingerprint density at radius 3 is 2.33 bits per heavy atom. The van der Waals surface area contributed by atoms with Crippen LogP contribution >= 0.6 is 0 Å². The standard InChI is InChI=1S/C24H24N2O6S/c1-4-31-20-10-8-19(9-11-20)24(27)32-22-14-7-18(15-23(22)30-3)16-25-26-33(28,29)21-12-5-17(2)6-13-21/h5-16,26H,4H2,1-3H3/b25-16+. The normalized spacial score (nSPS) is 11.2. The van der Waals surface area contributed by atoms with E-state index in [0.717, 1.165) is 5.56 Å². The molecule has 1 N–H and O–H groups in total. The molecular weight excluding hydrogens is 444 g/mol. The van der Waals surface area contributed by atoms with Crippen molar-refractivity contribution in [3.8, 4) is 17.2 Å². The van der Waals surface area contributed by atoms with Gasteiger partial charge in [-0.2, -0.15) is 13.5 Å². The molecule has 172 valence electrons. The first-order valence-corrected chi connectivity index (χ1v) is 11.6. The number of hydrazone groups is 1. The molecule has 33 heavy (non-hydrogen) atoms. The lowest BCUT2D eigenvalue weighted by molar-refractivity contribution is 0.0729. The zero-order valence-corrected chi connectivity index (χ0v) is 19.3. The molecule has 0 saturated heterocycles. The summed E-state index contributed by atoms with van der Waals surface area (Å²) in [6.07, 6.45) is 1.33. The average molecular weight is 469 g/mol. The van der Waals surface area contributed by atoms with Crippen LogP contribution in [0.3, 0.4) is 0 Å². The number of methoxy groups -OCH3 is 1. The zero-order chi connectivity index (χ0) is 23.8. The van der Waals surface area contributed by atoms with Crippen LogP contribution in [0.15, 0.2) is 76.7 Å². The van der Waals surface area contributed by atoms with Crippen molar-refractivity contribution in [2.24, 2.45) is 5.10 Å². The van der Waals surface area contributed by atoms with Crippen LogP contribution in [0.1, 0.15) is 28.4 Å². The molecule has 0 heterocycles. The van der Waals surface area contributed by atoms with Gasteiger partial charge in [-0.3, -0.25) is 0 Å². The number of rotatable bonds is 9.